The molecule has 1 aliphatic rings. The van der Waals surface area contributed by atoms with E-state index in [4.69, 9.17) is 9.47 Å². The summed E-state index contributed by atoms with van der Waals surface area (Å²) in [5, 5.41) is 0. The van der Waals surface area contributed by atoms with E-state index in [9.17, 15) is 0 Å². The van der Waals surface area contributed by atoms with Gasteiger partial charge in [0.15, 0.2) is 5.79 Å². The van der Waals surface area contributed by atoms with E-state index in [1.165, 1.54) is 11.1 Å². The SMILES string of the molecule is CC(C)=CCC/C(C)=C\C=C\C1(C)OCC(C)(C)CO1. The maximum atomic E-state index is 5.83. The van der Waals surface area contributed by atoms with Crippen LogP contribution in [0, 0.1) is 5.41 Å². The minimum absolute atomic E-state index is 0.115. The molecule has 1 rings (SSSR count). The van der Waals surface area contributed by atoms with E-state index in [0.29, 0.717) is 0 Å². The molecule has 1 heterocycles. The van der Waals surface area contributed by atoms with Crippen LogP contribution < -0.4 is 0 Å². The van der Waals surface area contributed by atoms with Gasteiger partial charge in [-0.05, 0) is 46.6 Å². The smallest absolute Gasteiger partial charge is 0.185 e. The molecule has 0 bridgehead atoms. The first kappa shape index (κ1) is 17.2. The van der Waals surface area contributed by atoms with E-state index in [2.05, 4.69) is 52.8 Å². The van der Waals surface area contributed by atoms with Gasteiger partial charge in [-0.1, -0.05) is 43.2 Å². The van der Waals surface area contributed by atoms with Crippen LogP contribution in [0.15, 0.2) is 35.5 Å². The number of allylic oxidation sites excluding steroid dienone is 5. The van der Waals surface area contributed by atoms with Crippen LogP contribution in [0.4, 0.5) is 0 Å². The lowest BCUT2D eigenvalue weighted by atomic mass is 9.95. The molecular weight excluding hydrogens is 248 g/mol. The second kappa shape index (κ2) is 7.24. The maximum Gasteiger partial charge on any atom is 0.185 e. The third-order valence-corrected chi connectivity index (χ3v) is 3.37. The lowest BCUT2D eigenvalue weighted by Crippen LogP contribution is -2.44. The average Bonchev–Trinajstić information content (AvgIpc) is 2.33. The highest BCUT2D eigenvalue weighted by molar-refractivity contribution is 5.14. The molecular formula is C18H30O2. The summed E-state index contributed by atoms with van der Waals surface area (Å²) in [4.78, 5) is 0. The normalized spacial score (nSPS) is 22.0. The number of hydrogen-bond acceptors (Lipinski definition) is 2. The molecule has 0 unspecified atom stereocenters. The summed E-state index contributed by atoms with van der Waals surface area (Å²) in [5.74, 6) is -0.577. The summed E-state index contributed by atoms with van der Waals surface area (Å²) in [6, 6.07) is 0. The van der Waals surface area contributed by atoms with Gasteiger partial charge in [-0.15, -0.1) is 0 Å². The van der Waals surface area contributed by atoms with E-state index in [0.717, 1.165) is 26.1 Å². The van der Waals surface area contributed by atoms with E-state index in [1.54, 1.807) is 0 Å². The first-order valence-electron chi connectivity index (χ1n) is 7.49. The standard InChI is InChI=1S/C18H30O2/c1-15(2)9-7-10-16(3)11-8-12-18(6)19-13-17(4,5)14-20-18/h8-9,11-12H,7,10,13-14H2,1-6H3/b12-8+,16-11-. The monoisotopic (exact) mass is 278 g/mol. The molecule has 0 N–H and O–H groups in total. The van der Waals surface area contributed by atoms with Gasteiger partial charge in [0.2, 0.25) is 0 Å². The highest BCUT2D eigenvalue weighted by Gasteiger charge is 2.34. The van der Waals surface area contributed by atoms with Gasteiger partial charge in [-0.2, -0.15) is 0 Å². The molecule has 1 fully saturated rings. The molecule has 0 spiro atoms. The van der Waals surface area contributed by atoms with Gasteiger partial charge in [-0.3, -0.25) is 0 Å². The fourth-order valence-corrected chi connectivity index (χ4v) is 1.92. The Morgan fingerprint density at radius 1 is 1.05 bits per heavy atom. The summed E-state index contributed by atoms with van der Waals surface area (Å²) in [6.45, 7) is 14.2. The second-order valence-electron chi connectivity index (χ2n) is 6.95. The summed E-state index contributed by atoms with van der Waals surface area (Å²) in [5.41, 5.74) is 2.87. The summed E-state index contributed by atoms with van der Waals surface area (Å²) >= 11 is 0. The highest BCUT2D eigenvalue weighted by Crippen LogP contribution is 2.29. The summed E-state index contributed by atoms with van der Waals surface area (Å²) < 4.78 is 11.7. The minimum Gasteiger partial charge on any atom is -0.346 e. The van der Waals surface area contributed by atoms with Gasteiger partial charge in [0.1, 0.15) is 0 Å². The quantitative estimate of drug-likeness (QED) is 0.519. The fourth-order valence-electron chi connectivity index (χ4n) is 1.92. The van der Waals surface area contributed by atoms with Crippen molar-refractivity contribution in [1.29, 1.82) is 0 Å². The predicted molar refractivity (Wildman–Crippen MR) is 85.7 cm³/mol. The number of hydrogen-bond donors (Lipinski definition) is 0. The molecule has 2 nitrogen and oxygen atoms in total. The van der Waals surface area contributed by atoms with Gasteiger partial charge in [-0.25, -0.2) is 0 Å². The van der Waals surface area contributed by atoms with Crippen LogP contribution in [0.2, 0.25) is 0 Å². The zero-order valence-electron chi connectivity index (χ0n) is 14.0. The fraction of sp³-hybridized carbons (Fsp3) is 0.667. The Bertz CT molecular complexity index is 386. The van der Waals surface area contributed by atoms with Crippen LogP contribution in [-0.2, 0) is 9.47 Å². The molecule has 1 saturated heterocycles. The van der Waals surface area contributed by atoms with E-state index >= 15 is 0 Å². The molecule has 0 amide bonds. The van der Waals surface area contributed by atoms with Crippen LogP contribution in [0.1, 0.15) is 54.4 Å². The van der Waals surface area contributed by atoms with Crippen LogP contribution in [0.5, 0.6) is 0 Å². The average molecular weight is 278 g/mol. The molecule has 0 atom stereocenters. The molecule has 0 aromatic rings. The largest absolute Gasteiger partial charge is 0.346 e. The van der Waals surface area contributed by atoms with Gasteiger partial charge < -0.3 is 9.47 Å². The van der Waals surface area contributed by atoms with Crippen molar-refractivity contribution in [3.63, 3.8) is 0 Å². The Hall–Kier alpha value is -0.860. The first-order chi connectivity index (χ1) is 9.22. The first-order valence-corrected chi connectivity index (χ1v) is 7.49. The topological polar surface area (TPSA) is 18.5 Å². The van der Waals surface area contributed by atoms with Gasteiger partial charge >= 0.3 is 0 Å². The predicted octanol–water partition coefficient (Wildman–Crippen LogP) is 5.02. The van der Waals surface area contributed by atoms with Crippen molar-refractivity contribution in [3.05, 3.63) is 35.5 Å². The van der Waals surface area contributed by atoms with Gasteiger partial charge in [0.05, 0.1) is 13.2 Å². The van der Waals surface area contributed by atoms with Crippen molar-refractivity contribution in [2.75, 3.05) is 13.2 Å². The lowest BCUT2D eigenvalue weighted by molar-refractivity contribution is -0.262. The molecule has 0 aliphatic carbocycles. The Morgan fingerprint density at radius 2 is 1.65 bits per heavy atom. The molecule has 20 heavy (non-hydrogen) atoms. The molecule has 1 aliphatic heterocycles. The van der Waals surface area contributed by atoms with E-state index in [1.807, 2.05) is 13.0 Å². The molecule has 114 valence electrons. The van der Waals surface area contributed by atoms with Crippen LogP contribution in [0.3, 0.4) is 0 Å². The summed E-state index contributed by atoms with van der Waals surface area (Å²) in [6.07, 6.45) is 10.7. The van der Waals surface area contributed by atoms with E-state index < -0.39 is 5.79 Å². The number of ether oxygens (including phenoxy) is 2. The third kappa shape index (κ3) is 6.53. The van der Waals surface area contributed by atoms with Crippen LogP contribution >= 0.6 is 0 Å². The van der Waals surface area contributed by atoms with Crippen molar-refractivity contribution < 1.29 is 9.47 Å². The zero-order valence-corrected chi connectivity index (χ0v) is 14.0. The summed E-state index contributed by atoms with van der Waals surface area (Å²) in [7, 11) is 0. The Kier molecular flexibility index (Phi) is 6.22. The number of rotatable bonds is 5. The Morgan fingerprint density at radius 3 is 2.20 bits per heavy atom. The Labute approximate surface area is 124 Å². The van der Waals surface area contributed by atoms with Crippen molar-refractivity contribution in [2.45, 2.75) is 60.2 Å². The molecule has 2 heteroatoms. The van der Waals surface area contributed by atoms with Gasteiger partial charge in [0.25, 0.3) is 0 Å². The molecule has 0 aromatic heterocycles. The maximum absolute atomic E-state index is 5.83. The van der Waals surface area contributed by atoms with Crippen molar-refractivity contribution in [1.82, 2.24) is 0 Å². The Balaban J connectivity index is 2.45. The van der Waals surface area contributed by atoms with Crippen molar-refractivity contribution >= 4 is 0 Å². The van der Waals surface area contributed by atoms with Gasteiger partial charge in [0, 0.05) is 5.41 Å². The van der Waals surface area contributed by atoms with Crippen LogP contribution in [0.25, 0.3) is 0 Å². The second-order valence-corrected chi connectivity index (χ2v) is 6.95. The molecule has 0 aromatic carbocycles. The lowest BCUT2D eigenvalue weighted by Gasteiger charge is -2.39. The molecule has 0 saturated carbocycles. The minimum atomic E-state index is -0.577. The third-order valence-electron chi connectivity index (χ3n) is 3.37. The molecule has 0 radical (unpaired) electrons. The van der Waals surface area contributed by atoms with Crippen molar-refractivity contribution in [3.8, 4) is 0 Å². The van der Waals surface area contributed by atoms with Crippen LogP contribution in [-0.4, -0.2) is 19.0 Å². The van der Waals surface area contributed by atoms with Crippen molar-refractivity contribution in [2.24, 2.45) is 5.41 Å². The zero-order chi connectivity index (χ0) is 15.2. The highest BCUT2D eigenvalue weighted by atomic mass is 16.7. The van der Waals surface area contributed by atoms with E-state index in [-0.39, 0.29) is 5.41 Å².